The molecule has 0 aromatic carbocycles. The van der Waals surface area contributed by atoms with E-state index in [1.807, 2.05) is 0 Å². The Morgan fingerprint density at radius 1 is 1.14 bits per heavy atom. The molecular weight excluding hydrogens is 172 g/mol. The summed E-state index contributed by atoms with van der Waals surface area (Å²) in [5.74, 6) is 1.72. The molecule has 0 aromatic heterocycles. The van der Waals surface area contributed by atoms with Gasteiger partial charge >= 0.3 is 0 Å². The van der Waals surface area contributed by atoms with E-state index in [1.54, 1.807) is 0 Å². The van der Waals surface area contributed by atoms with Crippen molar-refractivity contribution in [2.24, 2.45) is 17.3 Å². The Bertz CT molecular complexity index is 183. The van der Waals surface area contributed by atoms with E-state index in [2.05, 4.69) is 24.5 Å². The first-order valence-corrected chi connectivity index (χ1v) is 6.13. The maximum Gasteiger partial charge on any atom is 0.000888 e. The van der Waals surface area contributed by atoms with Crippen molar-refractivity contribution < 1.29 is 0 Å². The van der Waals surface area contributed by atoms with E-state index in [-0.39, 0.29) is 0 Å². The number of rotatable bonds is 1. The molecule has 0 aliphatic carbocycles. The van der Waals surface area contributed by atoms with E-state index >= 15 is 0 Å². The van der Waals surface area contributed by atoms with Crippen molar-refractivity contribution in [1.29, 1.82) is 0 Å². The van der Waals surface area contributed by atoms with Crippen molar-refractivity contribution in [3.63, 3.8) is 0 Å². The van der Waals surface area contributed by atoms with Crippen molar-refractivity contribution in [1.82, 2.24) is 10.6 Å². The second-order valence-electron chi connectivity index (χ2n) is 5.59. The summed E-state index contributed by atoms with van der Waals surface area (Å²) >= 11 is 0. The van der Waals surface area contributed by atoms with Crippen molar-refractivity contribution in [3.8, 4) is 0 Å². The van der Waals surface area contributed by atoms with Gasteiger partial charge in [-0.15, -0.1) is 0 Å². The maximum atomic E-state index is 3.60. The van der Waals surface area contributed by atoms with Gasteiger partial charge in [0.05, 0.1) is 0 Å². The SMILES string of the molecule is CC(C)C1CNCCC2(CCNC2)C1. The van der Waals surface area contributed by atoms with Crippen LogP contribution in [0.25, 0.3) is 0 Å². The maximum absolute atomic E-state index is 3.60. The molecule has 82 valence electrons. The molecule has 2 saturated heterocycles. The van der Waals surface area contributed by atoms with Crippen LogP contribution in [-0.4, -0.2) is 26.2 Å². The Kier molecular flexibility index (Phi) is 3.13. The quantitative estimate of drug-likeness (QED) is 0.666. The van der Waals surface area contributed by atoms with E-state index in [9.17, 15) is 0 Å². The average Bonchev–Trinajstić information content (AvgIpc) is 2.47. The molecule has 2 aliphatic rings. The average molecular weight is 196 g/mol. The van der Waals surface area contributed by atoms with Crippen molar-refractivity contribution in [2.75, 3.05) is 26.2 Å². The third-order valence-corrected chi connectivity index (χ3v) is 4.21. The van der Waals surface area contributed by atoms with Crippen LogP contribution in [0, 0.1) is 17.3 Å². The van der Waals surface area contributed by atoms with E-state index in [0.29, 0.717) is 5.41 Å². The fraction of sp³-hybridized carbons (Fsp3) is 1.00. The highest BCUT2D eigenvalue weighted by Crippen LogP contribution is 2.39. The fourth-order valence-corrected chi connectivity index (χ4v) is 3.03. The standard InChI is InChI=1S/C12H24N2/c1-10(2)11-7-12(3-5-13-8-11)4-6-14-9-12/h10-11,13-14H,3-9H2,1-2H3. The zero-order valence-electron chi connectivity index (χ0n) is 9.60. The van der Waals surface area contributed by atoms with Crippen molar-refractivity contribution >= 4 is 0 Å². The molecule has 2 fully saturated rings. The lowest BCUT2D eigenvalue weighted by molar-refractivity contribution is 0.216. The Morgan fingerprint density at radius 2 is 1.86 bits per heavy atom. The summed E-state index contributed by atoms with van der Waals surface area (Å²) in [7, 11) is 0. The fourth-order valence-electron chi connectivity index (χ4n) is 3.03. The van der Waals surface area contributed by atoms with Gasteiger partial charge in [-0.3, -0.25) is 0 Å². The van der Waals surface area contributed by atoms with Gasteiger partial charge in [0.25, 0.3) is 0 Å². The van der Waals surface area contributed by atoms with Gasteiger partial charge in [0.1, 0.15) is 0 Å². The van der Waals surface area contributed by atoms with E-state index in [1.165, 1.54) is 45.4 Å². The van der Waals surface area contributed by atoms with Crippen LogP contribution in [0.1, 0.15) is 33.1 Å². The van der Waals surface area contributed by atoms with Gasteiger partial charge in [-0.1, -0.05) is 13.8 Å². The molecule has 1 spiro atoms. The highest BCUT2D eigenvalue weighted by Gasteiger charge is 2.37. The van der Waals surface area contributed by atoms with Crippen LogP contribution in [0.2, 0.25) is 0 Å². The lowest BCUT2D eigenvalue weighted by Gasteiger charge is -2.31. The molecule has 2 rings (SSSR count). The minimum absolute atomic E-state index is 0.637. The normalized spacial score (nSPS) is 39.2. The summed E-state index contributed by atoms with van der Waals surface area (Å²) in [6.07, 6.45) is 4.21. The molecule has 2 nitrogen and oxygen atoms in total. The van der Waals surface area contributed by atoms with Gasteiger partial charge < -0.3 is 10.6 Å². The smallest absolute Gasteiger partial charge is 0.000888 e. The van der Waals surface area contributed by atoms with Gasteiger partial charge in [-0.2, -0.15) is 0 Å². The predicted octanol–water partition coefficient (Wildman–Crippen LogP) is 1.62. The zero-order valence-corrected chi connectivity index (χ0v) is 9.60. The minimum atomic E-state index is 0.637. The molecule has 0 amide bonds. The molecule has 2 unspecified atom stereocenters. The molecule has 2 atom stereocenters. The van der Waals surface area contributed by atoms with Crippen molar-refractivity contribution in [3.05, 3.63) is 0 Å². The molecule has 2 aliphatic heterocycles. The summed E-state index contributed by atoms with van der Waals surface area (Å²) < 4.78 is 0. The van der Waals surface area contributed by atoms with Crippen LogP contribution in [0.5, 0.6) is 0 Å². The summed E-state index contributed by atoms with van der Waals surface area (Å²) in [4.78, 5) is 0. The van der Waals surface area contributed by atoms with Crippen molar-refractivity contribution in [2.45, 2.75) is 33.1 Å². The van der Waals surface area contributed by atoms with E-state index in [0.717, 1.165) is 11.8 Å². The molecule has 0 radical (unpaired) electrons. The molecule has 14 heavy (non-hydrogen) atoms. The largest absolute Gasteiger partial charge is 0.316 e. The first-order valence-electron chi connectivity index (χ1n) is 6.13. The number of hydrogen-bond donors (Lipinski definition) is 2. The first kappa shape index (κ1) is 10.4. The van der Waals surface area contributed by atoms with E-state index < -0.39 is 0 Å². The monoisotopic (exact) mass is 196 g/mol. The zero-order chi connectivity index (χ0) is 10.0. The molecular formula is C12H24N2. The summed E-state index contributed by atoms with van der Waals surface area (Å²) in [6, 6.07) is 0. The van der Waals surface area contributed by atoms with Crippen LogP contribution in [0.3, 0.4) is 0 Å². The van der Waals surface area contributed by atoms with Crippen LogP contribution in [0.4, 0.5) is 0 Å². The predicted molar refractivity (Wildman–Crippen MR) is 60.4 cm³/mol. The number of hydrogen-bond acceptors (Lipinski definition) is 2. The minimum Gasteiger partial charge on any atom is -0.316 e. The van der Waals surface area contributed by atoms with Crippen LogP contribution in [0.15, 0.2) is 0 Å². The Morgan fingerprint density at radius 3 is 2.50 bits per heavy atom. The summed E-state index contributed by atoms with van der Waals surface area (Å²) in [6.45, 7) is 9.70. The van der Waals surface area contributed by atoms with Gasteiger partial charge in [0, 0.05) is 6.54 Å². The first-order chi connectivity index (χ1) is 6.72. The Hall–Kier alpha value is -0.0800. The van der Waals surface area contributed by atoms with Gasteiger partial charge in [-0.25, -0.2) is 0 Å². The Labute approximate surface area is 87.8 Å². The van der Waals surface area contributed by atoms with E-state index in [4.69, 9.17) is 0 Å². The summed E-state index contributed by atoms with van der Waals surface area (Å²) in [5.41, 5.74) is 0.637. The highest BCUT2D eigenvalue weighted by atomic mass is 14.9. The lowest BCUT2D eigenvalue weighted by Crippen LogP contribution is -2.28. The Balaban J connectivity index is 2.03. The molecule has 2 heterocycles. The van der Waals surface area contributed by atoms with Gasteiger partial charge in [-0.05, 0) is 56.1 Å². The molecule has 2 N–H and O–H groups in total. The second-order valence-corrected chi connectivity index (χ2v) is 5.59. The molecule has 0 bridgehead atoms. The van der Waals surface area contributed by atoms with Crippen LogP contribution in [-0.2, 0) is 0 Å². The number of nitrogens with one attached hydrogen (secondary N) is 2. The molecule has 0 aromatic rings. The topological polar surface area (TPSA) is 24.1 Å². The lowest BCUT2D eigenvalue weighted by atomic mass is 9.74. The van der Waals surface area contributed by atoms with Crippen LogP contribution >= 0.6 is 0 Å². The van der Waals surface area contributed by atoms with Crippen LogP contribution < -0.4 is 10.6 Å². The highest BCUT2D eigenvalue weighted by molar-refractivity contribution is 4.92. The van der Waals surface area contributed by atoms with Gasteiger partial charge in [0.2, 0.25) is 0 Å². The second kappa shape index (κ2) is 4.19. The molecule has 0 saturated carbocycles. The molecule has 2 heteroatoms. The summed E-state index contributed by atoms with van der Waals surface area (Å²) in [5, 5.41) is 7.14. The third kappa shape index (κ3) is 2.12. The van der Waals surface area contributed by atoms with Gasteiger partial charge in [0.15, 0.2) is 0 Å². The third-order valence-electron chi connectivity index (χ3n) is 4.21.